The van der Waals surface area contributed by atoms with Crippen LogP contribution in [0.4, 0.5) is 4.39 Å². The van der Waals surface area contributed by atoms with Crippen LogP contribution in [-0.4, -0.2) is 19.0 Å². The standard InChI is InChI=1S/C12H16ClFN2O/c13-11-4-3-10(14)8-9(11)2-5-12(17)16-7-1-6-15/h3-4,8H,1-2,5-7,15H2,(H,16,17). The molecular weight excluding hydrogens is 243 g/mol. The first kappa shape index (κ1) is 13.9. The van der Waals surface area contributed by atoms with Crippen LogP contribution in [0.1, 0.15) is 18.4 Å². The summed E-state index contributed by atoms with van der Waals surface area (Å²) in [5.74, 6) is -0.410. The number of benzene rings is 1. The molecule has 0 aliphatic carbocycles. The van der Waals surface area contributed by atoms with Crippen molar-refractivity contribution in [3.05, 3.63) is 34.6 Å². The van der Waals surface area contributed by atoms with E-state index in [1.807, 2.05) is 0 Å². The first-order valence-corrected chi connectivity index (χ1v) is 5.92. The Balaban J connectivity index is 2.39. The van der Waals surface area contributed by atoms with E-state index in [-0.39, 0.29) is 11.7 Å². The van der Waals surface area contributed by atoms with Crippen molar-refractivity contribution in [2.45, 2.75) is 19.3 Å². The molecule has 1 rings (SSSR count). The highest BCUT2D eigenvalue weighted by Gasteiger charge is 2.05. The van der Waals surface area contributed by atoms with Crippen molar-refractivity contribution in [3.63, 3.8) is 0 Å². The van der Waals surface area contributed by atoms with Gasteiger partial charge in [0.05, 0.1) is 0 Å². The van der Waals surface area contributed by atoms with Gasteiger partial charge in [-0.3, -0.25) is 4.79 Å². The second-order valence-electron chi connectivity index (χ2n) is 3.73. The summed E-state index contributed by atoms with van der Waals surface area (Å²) in [5, 5.41) is 3.22. The zero-order chi connectivity index (χ0) is 12.7. The van der Waals surface area contributed by atoms with Crippen molar-refractivity contribution in [1.82, 2.24) is 5.32 Å². The molecule has 1 aromatic rings. The lowest BCUT2D eigenvalue weighted by Crippen LogP contribution is -2.26. The molecule has 0 atom stereocenters. The van der Waals surface area contributed by atoms with Gasteiger partial charge >= 0.3 is 0 Å². The molecule has 0 aliphatic rings. The lowest BCUT2D eigenvalue weighted by atomic mass is 10.1. The molecule has 0 saturated heterocycles. The smallest absolute Gasteiger partial charge is 0.220 e. The maximum Gasteiger partial charge on any atom is 0.220 e. The van der Waals surface area contributed by atoms with Crippen molar-refractivity contribution < 1.29 is 9.18 Å². The summed E-state index contributed by atoms with van der Waals surface area (Å²) in [6.45, 7) is 1.13. The Labute approximate surface area is 105 Å². The molecule has 94 valence electrons. The zero-order valence-corrected chi connectivity index (χ0v) is 10.3. The summed E-state index contributed by atoms with van der Waals surface area (Å²) in [4.78, 5) is 11.4. The third kappa shape index (κ3) is 5.15. The average Bonchev–Trinajstić information content (AvgIpc) is 2.31. The van der Waals surface area contributed by atoms with Gasteiger partial charge in [0.25, 0.3) is 0 Å². The van der Waals surface area contributed by atoms with Crippen molar-refractivity contribution in [2.75, 3.05) is 13.1 Å². The number of rotatable bonds is 6. The summed E-state index contributed by atoms with van der Waals surface area (Å²) in [6.07, 6.45) is 1.49. The molecule has 0 aliphatic heterocycles. The van der Waals surface area contributed by atoms with E-state index in [0.29, 0.717) is 36.5 Å². The van der Waals surface area contributed by atoms with Gasteiger partial charge in [0, 0.05) is 18.0 Å². The van der Waals surface area contributed by atoms with Crippen molar-refractivity contribution in [1.29, 1.82) is 0 Å². The highest BCUT2D eigenvalue weighted by Crippen LogP contribution is 2.18. The minimum atomic E-state index is -0.340. The Morgan fingerprint density at radius 1 is 1.47 bits per heavy atom. The highest BCUT2D eigenvalue weighted by molar-refractivity contribution is 6.31. The molecule has 0 saturated carbocycles. The lowest BCUT2D eigenvalue weighted by Gasteiger charge is -2.06. The van der Waals surface area contributed by atoms with Crippen molar-refractivity contribution in [3.8, 4) is 0 Å². The van der Waals surface area contributed by atoms with Crippen LogP contribution >= 0.6 is 11.6 Å². The summed E-state index contributed by atoms with van der Waals surface area (Å²) in [6, 6.07) is 4.15. The molecule has 0 fully saturated rings. The minimum absolute atomic E-state index is 0.0706. The molecule has 3 N–H and O–H groups in total. The lowest BCUT2D eigenvalue weighted by molar-refractivity contribution is -0.121. The third-order valence-electron chi connectivity index (χ3n) is 2.33. The Kier molecular flexibility index (Phi) is 5.94. The number of hydrogen-bond donors (Lipinski definition) is 2. The van der Waals surface area contributed by atoms with Gasteiger partial charge in [-0.1, -0.05) is 11.6 Å². The monoisotopic (exact) mass is 258 g/mol. The van der Waals surface area contributed by atoms with E-state index in [1.54, 1.807) is 0 Å². The minimum Gasteiger partial charge on any atom is -0.356 e. The van der Waals surface area contributed by atoms with E-state index in [2.05, 4.69) is 5.32 Å². The van der Waals surface area contributed by atoms with E-state index >= 15 is 0 Å². The maximum absolute atomic E-state index is 12.9. The van der Waals surface area contributed by atoms with E-state index in [4.69, 9.17) is 17.3 Å². The molecule has 0 heterocycles. The van der Waals surface area contributed by atoms with Crippen molar-refractivity contribution >= 4 is 17.5 Å². The van der Waals surface area contributed by atoms with Crippen LogP contribution in [0.5, 0.6) is 0 Å². The van der Waals surface area contributed by atoms with Crippen LogP contribution < -0.4 is 11.1 Å². The number of carbonyl (C=O) groups excluding carboxylic acids is 1. The zero-order valence-electron chi connectivity index (χ0n) is 9.51. The van der Waals surface area contributed by atoms with Gasteiger partial charge in [-0.05, 0) is 43.1 Å². The van der Waals surface area contributed by atoms with Crippen LogP contribution in [0.25, 0.3) is 0 Å². The maximum atomic E-state index is 12.9. The summed E-state index contributed by atoms with van der Waals surface area (Å²) < 4.78 is 12.9. The quantitative estimate of drug-likeness (QED) is 0.766. The number of carbonyl (C=O) groups is 1. The Morgan fingerprint density at radius 3 is 2.94 bits per heavy atom. The van der Waals surface area contributed by atoms with Gasteiger partial charge in [0.15, 0.2) is 0 Å². The predicted octanol–water partition coefficient (Wildman–Crippen LogP) is 1.88. The number of nitrogens with two attached hydrogens (primary N) is 1. The van der Waals surface area contributed by atoms with E-state index < -0.39 is 0 Å². The van der Waals surface area contributed by atoms with E-state index in [1.165, 1.54) is 18.2 Å². The summed E-state index contributed by atoms with van der Waals surface area (Å²) >= 11 is 5.89. The van der Waals surface area contributed by atoms with Gasteiger partial charge in [0.1, 0.15) is 5.82 Å². The fourth-order valence-electron chi connectivity index (χ4n) is 1.40. The van der Waals surface area contributed by atoms with E-state index in [9.17, 15) is 9.18 Å². The van der Waals surface area contributed by atoms with Gasteiger partial charge < -0.3 is 11.1 Å². The second kappa shape index (κ2) is 7.25. The van der Waals surface area contributed by atoms with Gasteiger partial charge in [-0.2, -0.15) is 0 Å². The fourth-order valence-corrected chi connectivity index (χ4v) is 1.61. The van der Waals surface area contributed by atoms with Crippen LogP contribution in [-0.2, 0) is 11.2 Å². The number of amides is 1. The van der Waals surface area contributed by atoms with Gasteiger partial charge in [-0.25, -0.2) is 4.39 Å². The molecule has 1 aromatic carbocycles. The molecular formula is C12H16ClFN2O. The van der Waals surface area contributed by atoms with Crippen molar-refractivity contribution in [2.24, 2.45) is 5.73 Å². The van der Waals surface area contributed by atoms with Gasteiger partial charge in [-0.15, -0.1) is 0 Å². The van der Waals surface area contributed by atoms with Crippen LogP contribution in [0.15, 0.2) is 18.2 Å². The fraction of sp³-hybridized carbons (Fsp3) is 0.417. The number of hydrogen-bond acceptors (Lipinski definition) is 2. The summed E-state index contributed by atoms with van der Waals surface area (Å²) in [7, 11) is 0. The number of aryl methyl sites for hydroxylation is 1. The molecule has 3 nitrogen and oxygen atoms in total. The Bertz CT molecular complexity index is 385. The van der Waals surface area contributed by atoms with E-state index in [0.717, 1.165) is 6.42 Å². The largest absolute Gasteiger partial charge is 0.356 e. The first-order valence-electron chi connectivity index (χ1n) is 5.54. The molecule has 0 spiro atoms. The van der Waals surface area contributed by atoms with Gasteiger partial charge in [0.2, 0.25) is 5.91 Å². The molecule has 0 unspecified atom stereocenters. The SMILES string of the molecule is NCCCNC(=O)CCc1cc(F)ccc1Cl. The first-order chi connectivity index (χ1) is 8.13. The Hall–Kier alpha value is -1.13. The molecule has 1 amide bonds. The highest BCUT2D eigenvalue weighted by atomic mass is 35.5. The predicted molar refractivity (Wildman–Crippen MR) is 66.4 cm³/mol. The topological polar surface area (TPSA) is 55.1 Å². The molecule has 5 heteroatoms. The average molecular weight is 259 g/mol. The normalized spacial score (nSPS) is 10.3. The third-order valence-corrected chi connectivity index (χ3v) is 2.70. The molecule has 17 heavy (non-hydrogen) atoms. The number of nitrogens with one attached hydrogen (secondary N) is 1. The molecule has 0 bridgehead atoms. The van der Waals surface area contributed by atoms with Crippen LogP contribution in [0.2, 0.25) is 5.02 Å². The van der Waals surface area contributed by atoms with Crippen LogP contribution in [0.3, 0.4) is 0 Å². The second-order valence-corrected chi connectivity index (χ2v) is 4.14. The molecule has 0 radical (unpaired) electrons. The van der Waals surface area contributed by atoms with Crippen LogP contribution in [0, 0.1) is 5.82 Å². The Morgan fingerprint density at radius 2 is 2.24 bits per heavy atom. The summed E-state index contributed by atoms with van der Waals surface area (Å²) in [5.41, 5.74) is 5.96. The molecule has 0 aromatic heterocycles. The number of halogens is 2.